The van der Waals surface area contributed by atoms with Crippen molar-refractivity contribution in [3.63, 3.8) is 0 Å². The van der Waals surface area contributed by atoms with Crippen molar-refractivity contribution in [3.8, 4) is 17.1 Å². The molecule has 0 atom stereocenters. The quantitative estimate of drug-likeness (QED) is 0.861. The first kappa shape index (κ1) is 11.1. The topological polar surface area (TPSA) is 77.2 Å². The second-order valence-corrected chi connectivity index (χ2v) is 3.42. The Labute approximate surface area is 97.5 Å². The highest BCUT2D eigenvalue weighted by molar-refractivity contribution is 5.94. The number of ether oxygens (including phenoxy) is 1. The van der Waals surface area contributed by atoms with Gasteiger partial charge in [0.2, 0.25) is 5.88 Å². The third-order valence-corrected chi connectivity index (χ3v) is 2.39. The number of pyridine rings is 1. The van der Waals surface area contributed by atoms with Crippen LogP contribution in [-0.4, -0.2) is 33.0 Å². The Morgan fingerprint density at radius 2 is 2.18 bits per heavy atom. The molecule has 6 nitrogen and oxygen atoms in total. The molecule has 0 aliphatic rings. The first-order valence-electron chi connectivity index (χ1n) is 4.89. The van der Waals surface area contributed by atoms with E-state index in [1.54, 1.807) is 25.4 Å². The van der Waals surface area contributed by atoms with Crippen molar-refractivity contribution in [2.75, 3.05) is 7.11 Å². The lowest BCUT2D eigenvalue weighted by Gasteiger charge is -2.04. The largest absolute Gasteiger partial charge is 0.481 e. The number of nitrogens with zero attached hydrogens (tertiary/aromatic N) is 3. The summed E-state index contributed by atoms with van der Waals surface area (Å²) >= 11 is 0. The van der Waals surface area contributed by atoms with Gasteiger partial charge in [0, 0.05) is 24.9 Å². The van der Waals surface area contributed by atoms with E-state index in [2.05, 4.69) is 10.1 Å². The molecule has 0 amide bonds. The number of rotatable bonds is 3. The molecule has 6 heteroatoms. The zero-order valence-corrected chi connectivity index (χ0v) is 9.41. The minimum Gasteiger partial charge on any atom is -0.481 e. The lowest BCUT2D eigenvalue weighted by Crippen LogP contribution is -2.01. The smallest absolute Gasteiger partial charge is 0.339 e. The van der Waals surface area contributed by atoms with E-state index in [0.717, 1.165) is 0 Å². The molecule has 88 valence electrons. The second-order valence-electron chi connectivity index (χ2n) is 3.42. The summed E-state index contributed by atoms with van der Waals surface area (Å²) in [5.74, 6) is -0.531. The van der Waals surface area contributed by atoms with Gasteiger partial charge in [-0.2, -0.15) is 5.10 Å². The van der Waals surface area contributed by atoms with E-state index in [4.69, 9.17) is 9.84 Å². The van der Waals surface area contributed by atoms with Crippen molar-refractivity contribution in [2.45, 2.75) is 0 Å². The Bertz CT molecular complexity index is 546. The van der Waals surface area contributed by atoms with Gasteiger partial charge in [-0.15, -0.1) is 0 Å². The van der Waals surface area contributed by atoms with Crippen LogP contribution in [0.3, 0.4) is 0 Å². The van der Waals surface area contributed by atoms with Gasteiger partial charge in [-0.05, 0) is 6.07 Å². The average molecular weight is 233 g/mol. The maximum Gasteiger partial charge on any atom is 0.339 e. The molecular formula is C11H11N3O3. The van der Waals surface area contributed by atoms with Crippen LogP contribution in [0.15, 0.2) is 24.5 Å². The molecule has 0 fully saturated rings. The van der Waals surface area contributed by atoms with Gasteiger partial charge in [-0.1, -0.05) is 0 Å². The van der Waals surface area contributed by atoms with E-state index in [1.807, 2.05) is 0 Å². The normalized spacial score (nSPS) is 10.2. The number of hydrogen-bond donors (Lipinski definition) is 1. The molecule has 0 aromatic carbocycles. The summed E-state index contributed by atoms with van der Waals surface area (Å²) in [5, 5.41) is 13.0. The van der Waals surface area contributed by atoms with Gasteiger partial charge in [0.25, 0.3) is 0 Å². The van der Waals surface area contributed by atoms with Gasteiger partial charge >= 0.3 is 5.97 Å². The van der Waals surface area contributed by atoms with Crippen LogP contribution < -0.4 is 4.74 Å². The van der Waals surface area contributed by atoms with Crippen LogP contribution in [0.4, 0.5) is 0 Å². The maximum absolute atomic E-state index is 11.0. The predicted molar refractivity (Wildman–Crippen MR) is 60.0 cm³/mol. The number of hydrogen-bond acceptors (Lipinski definition) is 4. The Morgan fingerprint density at radius 1 is 1.41 bits per heavy atom. The molecular weight excluding hydrogens is 222 g/mol. The maximum atomic E-state index is 11.0. The highest BCUT2D eigenvalue weighted by atomic mass is 16.5. The summed E-state index contributed by atoms with van der Waals surface area (Å²) in [6, 6.07) is 3.42. The number of carboxylic acids is 1. The molecule has 2 rings (SSSR count). The first-order valence-corrected chi connectivity index (χ1v) is 4.89. The van der Waals surface area contributed by atoms with Crippen molar-refractivity contribution in [2.24, 2.45) is 7.05 Å². The van der Waals surface area contributed by atoms with Crippen LogP contribution >= 0.6 is 0 Å². The molecule has 0 bridgehead atoms. The highest BCUT2D eigenvalue weighted by Gasteiger charge is 2.16. The standard InChI is InChI=1S/C11H11N3O3/c1-14-10(8(6-13-14)11(15)16)7-3-4-9(17-2)12-5-7/h3-6H,1-2H3,(H,15,16). The molecule has 2 aromatic rings. The summed E-state index contributed by atoms with van der Waals surface area (Å²) < 4.78 is 6.45. The van der Waals surface area contributed by atoms with Gasteiger partial charge in [0.05, 0.1) is 19.0 Å². The number of methoxy groups -OCH3 is 1. The fourth-order valence-corrected chi connectivity index (χ4v) is 1.58. The van der Waals surface area contributed by atoms with Crippen LogP contribution in [0, 0.1) is 0 Å². The Morgan fingerprint density at radius 3 is 2.71 bits per heavy atom. The zero-order valence-electron chi connectivity index (χ0n) is 9.41. The van der Waals surface area contributed by atoms with E-state index >= 15 is 0 Å². The number of aryl methyl sites for hydroxylation is 1. The summed E-state index contributed by atoms with van der Waals surface area (Å²) in [7, 11) is 3.21. The molecule has 17 heavy (non-hydrogen) atoms. The first-order chi connectivity index (χ1) is 8.13. The number of aromatic nitrogens is 3. The fourth-order valence-electron chi connectivity index (χ4n) is 1.58. The molecule has 0 saturated heterocycles. The molecule has 0 saturated carbocycles. The van der Waals surface area contributed by atoms with Crippen molar-refractivity contribution in [1.29, 1.82) is 0 Å². The highest BCUT2D eigenvalue weighted by Crippen LogP contribution is 2.23. The third kappa shape index (κ3) is 1.96. The zero-order chi connectivity index (χ0) is 12.4. The molecule has 0 radical (unpaired) electrons. The summed E-state index contributed by atoms with van der Waals surface area (Å²) in [6.45, 7) is 0. The van der Waals surface area contributed by atoms with E-state index in [9.17, 15) is 4.79 Å². The molecule has 2 aromatic heterocycles. The van der Waals surface area contributed by atoms with Gasteiger partial charge in [-0.25, -0.2) is 9.78 Å². The fraction of sp³-hybridized carbons (Fsp3) is 0.182. The molecule has 0 unspecified atom stereocenters. The lowest BCUT2D eigenvalue weighted by molar-refractivity contribution is 0.0697. The Balaban J connectivity index is 2.51. The predicted octanol–water partition coefficient (Wildman–Crippen LogP) is 1.19. The monoisotopic (exact) mass is 233 g/mol. The van der Waals surface area contributed by atoms with Crippen LogP contribution in [0.5, 0.6) is 5.88 Å². The van der Waals surface area contributed by atoms with Gasteiger partial charge in [0.15, 0.2) is 0 Å². The summed E-state index contributed by atoms with van der Waals surface area (Å²) in [6.07, 6.45) is 2.88. The van der Waals surface area contributed by atoms with Crippen molar-refractivity contribution in [3.05, 3.63) is 30.1 Å². The lowest BCUT2D eigenvalue weighted by atomic mass is 10.1. The minimum absolute atomic E-state index is 0.152. The molecule has 0 aliphatic carbocycles. The average Bonchev–Trinajstić information content (AvgIpc) is 2.71. The third-order valence-electron chi connectivity index (χ3n) is 2.39. The van der Waals surface area contributed by atoms with Crippen molar-refractivity contribution >= 4 is 5.97 Å². The van der Waals surface area contributed by atoms with Crippen LogP contribution in [0.1, 0.15) is 10.4 Å². The van der Waals surface area contributed by atoms with E-state index in [-0.39, 0.29) is 5.56 Å². The SMILES string of the molecule is COc1ccc(-c2c(C(=O)O)cnn2C)cn1. The Hall–Kier alpha value is -2.37. The van der Waals surface area contributed by atoms with E-state index in [0.29, 0.717) is 17.1 Å². The van der Waals surface area contributed by atoms with Crippen molar-refractivity contribution < 1.29 is 14.6 Å². The summed E-state index contributed by atoms with van der Waals surface area (Å²) in [5.41, 5.74) is 1.36. The minimum atomic E-state index is -1.01. The molecule has 1 N–H and O–H groups in total. The second kappa shape index (κ2) is 4.25. The number of carbonyl (C=O) groups is 1. The summed E-state index contributed by atoms with van der Waals surface area (Å²) in [4.78, 5) is 15.1. The van der Waals surface area contributed by atoms with Crippen LogP contribution in [0.2, 0.25) is 0 Å². The van der Waals surface area contributed by atoms with Gasteiger partial charge in [-0.3, -0.25) is 4.68 Å². The molecule has 0 spiro atoms. The number of aromatic carboxylic acids is 1. The van der Waals surface area contributed by atoms with E-state index < -0.39 is 5.97 Å². The number of carboxylic acid groups (broad SMARTS) is 1. The molecule has 2 heterocycles. The van der Waals surface area contributed by atoms with Crippen LogP contribution in [0.25, 0.3) is 11.3 Å². The van der Waals surface area contributed by atoms with Gasteiger partial charge in [0.1, 0.15) is 5.56 Å². The van der Waals surface area contributed by atoms with E-state index in [1.165, 1.54) is 18.0 Å². The van der Waals surface area contributed by atoms with Gasteiger partial charge < -0.3 is 9.84 Å². The van der Waals surface area contributed by atoms with Crippen LogP contribution in [-0.2, 0) is 7.05 Å². The van der Waals surface area contributed by atoms with Crippen molar-refractivity contribution in [1.82, 2.24) is 14.8 Å². The Kier molecular flexibility index (Phi) is 2.78. The molecule has 0 aliphatic heterocycles.